The minimum Gasteiger partial charge on any atom is -0.350 e. The fourth-order valence-electron chi connectivity index (χ4n) is 2.41. The highest BCUT2D eigenvalue weighted by Crippen LogP contribution is 2.20. The molecule has 1 N–H and O–H groups in total. The number of nitrogens with one attached hydrogen (secondary N) is 1. The molecule has 0 saturated carbocycles. The van der Waals surface area contributed by atoms with Gasteiger partial charge in [0.15, 0.2) is 0 Å². The van der Waals surface area contributed by atoms with Crippen molar-refractivity contribution in [3.05, 3.63) is 42.2 Å². The van der Waals surface area contributed by atoms with Gasteiger partial charge in [-0.05, 0) is 6.92 Å². The van der Waals surface area contributed by atoms with Crippen LogP contribution in [-0.2, 0) is 0 Å². The quantitative estimate of drug-likeness (QED) is 0.924. The van der Waals surface area contributed by atoms with Gasteiger partial charge in [0, 0.05) is 37.3 Å². The number of halogens is 1. The van der Waals surface area contributed by atoms with E-state index in [0.717, 1.165) is 18.7 Å². The van der Waals surface area contributed by atoms with Crippen molar-refractivity contribution >= 4 is 18.3 Å². The lowest BCUT2D eigenvalue weighted by atomic mass is 10.1. The summed E-state index contributed by atoms with van der Waals surface area (Å²) in [6.07, 6.45) is 0. The fourth-order valence-corrected chi connectivity index (χ4v) is 2.41. The van der Waals surface area contributed by atoms with Gasteiger partial charge in [0.2, 0.25) is 5.76 Å². The molecule has 1 aliphatic rings. The Morgan fingerprint density at radius 1 is 1.38 bits per heavy atom. The second kappa shape index (κ2) is 6.74. The van der Waals surface area contributed by atoms with E-state index in [-0.39, 0.29) is 24.4 Å². The first-order valence-electron chi connectivity index (χ1n) is 6.79. The Labute approximate surface area is 129 Å². The number of hydrogen-bond donors (Lipinski definition) is 1. The molecule has 3 rings (SSSR count). The Morgan fingerprint density at radius 2 is 2.14 bits per heavy atom. The molecule has 0 spiro atoms. The van der Waals surface area contributed by atoms with Crippen LogP contribution in [0, 0.1) is 0 Å². The lowest BCUT2D eigenvalue weighted by Crippen LogP contribution is -2.52. The molecule has 0 unspecified atom stereocenters. The minimum absolute atomic E-state index is 0. The van der Waals surface area contributed by atoms with Gasteiger partial charge in [0.05, 0.1) is 0 Å². The molecule has 0 radical (unpaired) electrons. The van der Waals surface area contributed by atoms with Crippen LogP contribution in [0.3, 0.4) is 0 Å². The molecule has 1 saturated heterocycles. The van der Waals surface area contributed by atoms with Crippen molar-refractivity contribution in [3.63, 3.8) is 0 Å². The van der Waals surface area contributed by atoms with Gasteiger partial charge in [0.25, 0.3) is 5.91 Å². The van der Waals surface area contributed by atoms with Gasteiger partial charge >= 0.3 is 0 Å². The van der Waals surface area contributed by atoms with Crippen molar-refractivity contribution in [1.82, 2.24) is 15.4 Å². The lowest BCUT2D eigenvalue weighted by Gasteiger charge is -2.33. The predicted octanol–water partition coefficient (Wildman–Crippen LogP) is 2.20. The van der Waals surface area contributed by atoms with Crippen LogP contribution in [-0.4, -0.2) is 41.6 Å². The molecule has 6 heteroatoms. The zero-order valence-corrected chi connectivity index (χ0v) is 12.6. The fraction of sp³-hybridized carbons (Fsp3) is 0.333. The third-order valence-corrected chi connectivity index (χ3v) is 3.55. The number of carbonyl (C=O) groups is 1. The van der Waals surface area contributed by atoms with Crippen molar-refractivity contribution in [2.24, 2.45) is 0 Å². The summed E-state index contributed by atoms with van der Waals surface area (Å²) >= 11 is 0. The summed E-state index contributed by atoms with van der Waals surface area (Å²) in [5.74, 6) is 0.214. The van der Waals surface area contributed by atoms with Crippen LogP contribution in [0.5, 0.6) is 0 Å². The number of rotatable bonds is 2. The molecule has 0 aliphatic carbocycles. The molecule has 5 nitrogen and oxygen atoms in total. The summed E-state index contributed by atoms with van der Waals surface area (Å²) in [6, 6.07) is 11.6. The van der Waals surface area contributed by atoms with E-state index in [2.05, 4.69) is 10.5 Å². The summed E-state index contributed by atoms with van der Waals surface area (Å²) in [7, 11) is 0. The van der Waals surface area contributed by atoms with Gasteiger partial charge in [-0.2, -0.15) is 0 Å². The smallest absolute Gasteiger partial charge is 0.292 e. The molecule has 2 aromatic rings. The van der Waals surface area contributed by atoms with E-state index >= 15 is 0 Å². The van der Waals surface area contributed by atoms with Gasteiger partial charge in [-0.15, -0.1) is 12.4 Å². The Hall–Kier alpha value is -1.85. The van der Waals surface area contributed by atoms with Crippen molar-refractivity contribution in [2.75, 3.05) is 19.6 Å². The zero-order valence-electron chi connectivity index (χ0n) is 11.8. The molecule has 1 aliphatic heterocycles. The topological polar surface area (TPSA) is 58.4 Å². The van der Waals surface area contributed by atoms with Gasteiger partial charge < -0.3 is 14.7 Å². The molecule has 21 heavy (non-hydrogen) atoms. The van der Waals surface area contributed by atoms with Crippen LogP contribution >= 0.6 is 12.4 Å². The number of amides is 1. The SMILES string of the molecule is C[C@@H]1CNCCN1C(=O)c1cc(-c2ccccc2)no1.Cl. The monoisotopic (exact) mass is 307 g/mol. The highest BCUT2D eigenvalue weighted by molar-refractivity contribution is 5.92. The van der Waals surface area contributed by atoms with Crippen molar-refractivity contribution in [3.8, 4) is 11.3 Å². The second-order valence-corrected chi connectivity index (χ2v) is 4.99. The Balaban J connectivity index is 0.00000161. The largest absolute Gasteiger partial charge is 0.350 e. The average molecular weight is 308 g/mol. The standard InChI is InChI=1S/C15H17N3O2.ClH/c1-11-10-16-7-8-18(11)15(19)14-9-13(17-20-14)12-5-3-2-4-6-12;/h2-6,9,11,16H,7-8,10H2,1H3;1H/t11-;/m1./s1. The maximum absolute atomic E-state index is 12.4. The number of aromatic nitrogens is 1. The zero-order chi connectivity index (χ0) is 13.9. The molecule has 1 atom stereocenters. The number of hydrogen-bond acceptors (Lipinski definition) is 4. The molecule has 0 bridgehead atoms. The summed E-state index contributed by atoms with van der Waals surface area (Å²) in [6.45, 7) is 4.35. The van der Waals surface area contributed by atoms with E-state index in [1.54, 1.807) is 6.07 Å². The van der Waals surface area contributed by atoms with Crippen LogP contribution in [0.25, 0.3) is 11.3 Å². The highest BCUT2D eigenvalue weighted by Gasteiger charge is 2.26. The molecule has 1 aromatic heterocycles. The average Bonchev–Trinajstić information content (AvgIpc) is 2.98. The Kier molecular flexibility index (Phi) is 4.98. The van der Waals surface area contributed by atoms with Crippen LogP contribution in [0.2, 0.25) is 0 Å². The first-order chi connectivity index (χ1) is 9.75. The molecule has 1 aromatic carbocycles. The van der Waals surface area contributed by atoms with E-state index in [9.17, 15) is 4.79 Å². The molecule has 1 amide bonds. The summed E-state index contributed by atoms with van der Waals surface area (Å²) in [4.78, 5) is 14.2. The summed E-state index contributed by atoms with van der Waals surface area (Å²) < 4.78 is 5.22. The lowest BCUT2D eigenvalue weighted by molar-refractivity contribution is 0.0613. The highest BCUT2D eigenvalue weighted by atomic mass is 35.5. The normalized spacial score (nSPS) is 18.1. The van der Waals surface area contributed by atoms with Crippen LogP contribution in [0.4, 0.5) is 0 Å². The first kappa shape index (κ1) is 15.5. The maximum Gasteiger partial charge on any atom is 0.292 e. The van der Waals surface area contributed by atoms with Crippen molar-refractivity contribution < 1.29 is 9.32 Å². The van der Waals surface area contributed by atoms with Crippen LogP contribution in [0.1, 0.15) is 17.5 Å². The molecule has 2 heterocycles. The first-order valence-corrected chi connectivity index (χ1v) is 6.79. The van der Waals surface area contributed by atoms with E-state index in [0.29, 0.717) is 18.0 Å². The van der Waals surface area contributed by atoms with Crippen molar-refractivity contribution in [2.45, 2.75) is 13.0 Å². The van der Waals surface area contributed by atoms with Crippen molar-refractivity contribution in [1.29, 1.82) is 0 Å². The predicted molar refractivity (Wildman–Crippen MR) is 82.6 cm³/mol. The number of benzene rings is 1. The van der Waals surface area contributed by atoms with Crippen LogP contribution < -0.4 is 5.32 Å². The van der Waals surface area contributed by atoms with Gasteiger partial charge in [-0.3, -0.25) is 4.79 Å². The van der Waals surface area contributed by atoms with E-state index < -0.39 is 0 Å². The molecular weight excluding hydrogens is 290 g/mol. The van der Waals surface area contributed by atoms with Gasteiger partial charge in [-0.25, -0.2) is 0 Å². The minimum atomic E-state index is -0.0892. The third-order valence-electron chi connectivity index (χ3n) is 3.55. The second-order valence-electron chi connectivity index (χ2n) is 4.99. The maximum atomic E-state index is 12.4. The number of carbonyl (C=O) groups excluding carboxylic acids is 1. The number of piperazine rings is 1. The Morgan fingerprint density at radius 3 is 2.86 bits per heavy atom. The molecule has 1 fully saturated rings. The molecular formula is C15H18ClN3O2. The molecule has 112 valence electrons. The van der Waals surface area contributed by atoms with Gasteiger partial charge in [0.1, 0.15) is 5.69 Å². The van der Waals surface area contributed by atoms with E-state index in [1.165, 1.54) is 0 Å². The third kappa shape index (κ3) is 3.25. The summed E-state index contributed by atoms with van der Waals surface area (Å²) in [5, 5.41) is 7.25. The summed E-state index contributed by atoms with van der Waals surface area (Å²) in [5.41, 5.74) is 1.64. The van der Waals surface area contributed by atoms with E-state index in [1.807, 2.05) is 42.2 Å². The Bertz CT molecular complexity index is 600. The number of nitrogens with zero attached hydrogens (tertiary/aromatic N) is 2. The van der Waals surface area contributed by atoms with Crippen LogP contribution in [0.15, 0.2) is 40.9 Å². The van der Waals surface area contributed by atoms with Gasteiger partial charge in [-0.1, -0.05) is 35.5 Å². The van der Waals surface area contributed by atoms with E-state index in [4.69, 9.17) is 4.52 Å².